The molecule has 1 amide bonds. The number of carbonyl (C=O) groups excluding carboxylic acids is 1. The Morgan fingerprint density at radius 3 is 2.80 bits per heavy atom. The Balaban J connectivity index is 2.37. The van der Waals surface area contributed by atoms with Crippen LogP contribution in [0, 0.1) is 5.82 Å². The Morgan fingerprint density at radius 2 is 2.20 bits per heavy atom. The van der Waals surface area contributed by atoms with Crippen LogP contribution in [-0.4, -0.2) is 30.4 Å². The van der Waals surface area contributed by atoms with Gasteiger partial charge in [-0.05, 0) is 51.6 Å². The van der Waals surface area contributed by atoms with Crippen LogP contribution in [0.4, 0.5) is 15.8 Å². The molecule has 4 nitrogen and oxygen atoms in total. The lowest BCUT2D eigenvalue weighted by Gasteiger charge is -2.23. The lowest BCUT2D eigenvalue weighted by molar-refractivity contribution is -0.116. The first-order valence-electron chi connectivity index (χ1n) is 6.99. The Kier molecular flexibility index (Phi) is 6.45. The van der Waals surface area contributed by atoms with Gasteiger partial charge in [0.2, 0.25) is 5.91 Å². The van der Waals surface area contributed by atoms with Crippen molar-refractivity contribution in [3.8, 4) is 0 Å². The summed E-state index contributed by atoms with van der Waals surface area (Å²) in [5, 5.41) is 2.71. The van der Waals surface area contributed by atoms with E-state index in [-0.39, 0.29) is 11.6 Å². The van der Waals surface area contributed by atoms with Gasteiger partial charge in [-0.3, -0.25) is 4.79 Å². The van der Waals surface area contributed by atoms with E-state index in [1.165, 1.54) is 18.2 Å². The molecule has 1 atom stereocenters. The number of halogens is 1. The Labute approximate surface area is 120 Å². The number of nitrogens with zero attached hydrogens (tertiary/aromatic N) is 1. The molecule has 1 unspecified atom stereocenters. The van der Waals surface area contributed by atoms with Crippen molar-refractivity contribution in [2.75, 3.05) is 24.6 Å². The second-order valence-electron chi connectivity index (χ2n) is 5.12. The van der Waals surface area contributed by atoms with E-state index in [2.05, 4.69) is 31.1 Å². The van der Waals surface area contributed by atoms with Crippen LogP contribution in [0.1, 0.15) is 33.1 Å². The highest BCUT2D eigenvalue weighted by Gasteiger charge is 2.09. The van der Waals surface area contributed by atoms with E-state index < -0.39 is 5.82 Å². The van der Waals surface area contributed by atoms with E-state index in [1.54, 1.807) is 0 Å². The molecule has 1 rings (SSSR count). The predicted molar refractivity (Wildman–Crippen MR) is 81.1 cm³/mol. The van der Waals surface area contributed by atoms with Crippen molar-refractivity contribution in [1.29, 1.82) is 0 Å². The van der Waals surface area contributed by atoms with Crippen molar-refractivity contribution in [1.82, 2.24) is 4.90 Å². The molecule has 1 aromatic carbocycles. The van der Waals surface area contributed by atoms with Crippen LogP contribution in [0.15, 0.2) is 18.2 Å². The number of nitrogen functional groups attached to an aromatic ring is 1. The smallest absolute Gasteiger partial charge is 0.224 e. The maximum atomic E-state index is 12.9. The molecule has 3 N–H and O–H groups in total. The van der Waals surface area contributed by atoms with Crippen molar-refractivity contribution in [3.63, 3.8) is 0 Å². The number of carbonyl (C=O) groups is 1. The number of hydrogen-bond donors (Lipinski definition) is 2. The first kappa shape index (κ1) is 16.4. The normalized spacial score (nSPS) is 12.4. The Hall–Kier alpha value is -1.62. The summed E-state index contributed by atoms with van der Waals surface area (Å²) in [6.45, 7) is 5.19. The topological polar surface area (TPSA) is 58.4 Å². The maximum absolute atomic E-state index is 12.9. The van der Waals surface area contributed by atoms with E-state index in [0.717, 1.165) is 19.4 Å². The summed E-state index contributed by atoms with van der Waals surface area (Å²) in [6, 6.07) is 4.48. The molecule has 0 aliphatic carbocycles. The quantitative estimate of drug-likeness (QED) is 0.756. The molecule has 0 spiro atoms. The molecule has 1 aromatic rings. The van der Waals surface area contributed by atoms with Crippen LogP contribution in [-0.2, 0) is 4.79 Å². The van der Waals surface area contributed by atoms with Crippen LogP contribution in [0.25, 0.3) is 0 Å². The van der Waals surface area contributed by atoms with E-state index in [9.17, 15) is 9.18 Å². The van der Waals surface area contributed by atoms with Crippen LogP contribution in [0.5, 0.6) is 0 Å². The summed E-state index contributed by atoms with van der Waals surface area (Å²) in [5.74, 6) is -0.503. The number of benzene rings is 1. The standard InChI is InChI=1S/C15H24FN3O/c1-4-11(2)19(3)9-5-6-15(20)18-14-8-7-12(16)10-13(14)17/h7-8,10-11H,4-6,9,17H2,1-3H3,(H,18,20). The fraction of sp³-hybridized carbons (Fsp3) is 0.533. The summed E-state index contributed by atoms with van der Waals surface area (Å²) in [5.41, 5.74) is 6.35. The molecule has 0 heterocycles. The van der Waals surface area contributed by atoms with Gasteiger partial charge in [0, 0.05) is 12.5 Å². The SMILES string of the molecule is CCC(C)N(C)CCCC(=O)Nc1ccc(F)cc1N. The van der Waals surface area contributed by atoms with Crippen LogP contribution in [0.2, 0.25) is 0 Å². The molecule has 20 heavy (non-hydrogen) atoms. The van der Waals surface area contributed by atoms with Crippen LogP contribution >= 0.6 is 0 Å². The third-order valence-corrected chi connectivity index (χ3v) is 3.55. The molecule has 0 bridgehead atoms. The molecule has 0 saturated heterocycles. The van der Waals surface area contributed by atoms with Crippen molar-refractivity contribution < 1.29 is 9.18 Å². The van der Waals surface area contributed by atoms with Gasteiger partial charge in [0.15, 0.2) is 0 Å². The summed E-state index contributed by atoms with van der Waals surface area (Å²) in [6.07, 6.45) is 2.31. The lowest BCUT2D eigenvalue weighted by Crippen LogP contribution is -2.29. The molecule has 0 radical (unpaired) electrons. The summed E-state index contributed by atoms with van der Waals surface area (Å²) < 4.78 is 12.9. The lowest BCUT2D eigenvalue weighted by atomic mass is 10.2. The number of amides is 1. The van der Waals surface area contributed by atoms with Crippen LogP contribution in [0.3, 0.4) is 0 Å². The van der Waals surface area contributed by atoms with Gasteiger partial charge in [-0.1, -0.05) is 6.92 Å². The number of anilines is 2. The third kappa shape index (κ3) is 5.17. The van der Waals surface area contributed by atoms with Gasteiger partial charge >= 0.3 is 0 Å². The highest BCUT2D eigenvalue weighted by molar-refractivity contribution is 5.93. The molecule has 0 aliphatic rings. The number of hydrogen-bond acceptors (Lipinski definition) is 3. The van der Waals surface area contributed by atoms with Crippen molar-refractivity contribution >= 4 is 17.3 Å². The second kappa shape index (κ2) is 7.85. The third-order valence-electron chi connectivity index (χ3n) is 3.55. The van der Waals surface area contributed by atoms with Gasteiger partial charge in [-0.15, -0.1) is 0 Å². The molecule has 0 aromatic heterocycles. The maximum Gasteiger partial charge on any atom is 0.224 e. The van der Waals surface area contributed by atoms with E-state index in [1.807, 2.05) is 0 Å². The largest absolute Gasteiger partial charge is 0.397 e. The molecular weight excluding hydrogens is 257 g/mol. The average Bonchev–Trinajstić information content (AvgIpc) is 2.41. The summed E-state index contributed by atoms with van der Waals surface area (Å²) in [4.78, 5) is 14.0. The minimum atomic E-state index is -0.407. The van der Waals surface area contributed by atoms with Gasteiger partial charge < -0.3 is 16.0 Å². The fourth-order valence-electron chi connectivity index (χ4n) is 1.88. The van der Waals surface area contributed by atoms with Crippen molar-refractivity contribution in [2.24, 2.45) is 0 Å². The first-order valence-corrected chi connectivity index (χ1v) is 6.99. The van der Waals surface area contributed by atoms with Gasteiger partial charge in [0.05, 0.1) is 11.4 Å². The zero-order valence-electron chi connectivity index (χ0n) is 12.4. The molecule has 5 heteroatoms. The van der Waals surface area contributed by atoms with Crippen molar-refractivity contribution in [3.05, 3.63) is 24.0 Å². The first-order chi connectivity index (χ1) is 9.43. The van der Waals surface area contributed by atoms with Gasteiger partial charge in [-0.25, -0.2) is 4.39 Å². The number of nitrogens with one attached hydrogen (secondary N) is 1. The summed E-state index contributed by atoms with van der Waals surface area (Å²) >= 11 is 0. The van der Waals surface area contributed by atoms with Gasteiger partial charge in [0.1, 0.15) is 5.82 Å². The zero-order valence-corrected chi connectivity index (χ0v) is 12.4. The van der Waals surface area contributed by atoms with Gasteiger partial charge in [-0.2, -0.15) is 0 Å². The molecule has 0 aliphatic heterocycles. The van der Waals surface area contributed by atoms with Crippen LogP contribution < -0.4 is 11.1 Å². The Morgan fingerprint density at radius 1 is 1.50 bits per heavy atom. The predicted octanol–water partition coefficient (Wildman–Crippen LogP) is 2.86. The fourth-order valence-corrected chi connectivity index (χ4v) is 1.88. The van der Waals surface area contributed by atoms with E-state index in [4.69, 9.17) is 5.73 Å². The van der Waals surface area contributed by atoms with Crippen molar-refractivity contribution in [2.45, 2.75) is 39.2 Å². The highest BCUT2D eigenvalue weighted by atomic mass is 19.1. The molecule has 0 saturated carbocycles. The minimum absolute atomic E-state index is 0.0964. The summed E-state index contributed by atoms with van der Waals surface area (Å²) in [7, 11) is 2.06. The molecule has 112 valence electrons. The van der Waals surface area contributed by atoms with Gasteiger partial charge in [0.25, 0.3) is 0 Å². The monoisotopic (exact) mass is 281 g/mol. The number of nitrogens with two attached hydrogens (primary N) is 1. The average molecular weight is 281 g/mol. The number of rotatable bonds is 7. The van der Waals surface area contributed by atoms with E-state index in [0.29, 0.717) is 18.2 Å². The molecular formula is C15H24FN3O. The Bertz CT molecular complexity index is 451. The zero-order chi connectivity index (χ0) is 15.1. The highest BCUT2D eigenvalue weighted by Crippen LogP contribution is 2.19. The minimum Gasteiger partial charge on any atom is -0.397 e. The van der Waals surface area contributed by atoms with E-state index >= 15 is 0 Å². The molecule has 0 fully saturated rings. The second-order valence-corrected chi connectivity index (χ2v) is 5.12.